The summed E-state index contributed by atoms with van der Waals surface area (Å²) in [7, 11) is 3.98. The Labute approximate surface area is 162 Å². The molecule has 2 unspecified atom stereocenters. The van der Waals surface area contributed by atoms with Crippen LogP contribution < -0.4 is 10.2 Å². The number of fused-ring (bicyclic) bond motifs is 1. The van der Waals surface area contributed by atoms with Crippen molar-refractivity contribution in [2.75, 3.05) is 24.3 Å². The van der Waals surface area contributed by atoms with Gasteiger partial charge in [0.05, 0.1) is 6.04 Å². The smallest absolute Gasteiger partial charge is 0.269 e. The zero-order valence-electron chi connectivity index (χ0n) is 15.9. The third-order valence-corrected chi connectivity index (χ3v) is 4.86. The van der Waals surface area contributed by atoms with E-state index in [-0.39, 0.29) is 11.9 Å². The van der Waals surface area contributed by atoms with Crippen LogP contribution in [-0.2, 0) is 4.79 Å². The Kier molecular flexibility index (Phi) is 4.60. The second-order valence-electron chi connectivity index (χ2n) is 6.94. The number of aliphatic imine (C=N–C) groups is 1. The van der Waals surface area contributed by atoms with Crippen molar-refractivity contribution in [1.29, 1.82) is 0 Å². The van der Waals surface area contributed by atoms with Crippen molar-refractivity contribution in [3.8, 4) is 0 Å². The van der Waals surface area contributed by atoms with Crippen LogP contribution in [0.1, 0.15) is 18.5 Å². The lowest BCUT2D eigenvalue weighted by molar-refractivity contribution is -0.118. The van der Waals surface area contributed by atoms with E-state index in [2.05, 4.69) is 25.8 Å². The molecular weight excluding hydrogens is 354 g/mol. The van der Waals surface area contributed by atoms with Gasteiger partial charge in [0.1, 0.15) is 5.92 Å². The van der Waals surface area contributed by atoms with Crippen molar-refractivity contribution in [1.82, 2.24) is 20.2 Å². The molecule has 2 atom stereocenters. The van der Waals surface area contributed by atoms with Crippen molar-refractivity contribution >= 4 is 28.9 Å². The molecule has 3 aromatic rings. The third-order valence-electron chi connectivity index (χ3n) is 4.86. The van der Waals surface area contributed by atoms with Crippen LogP contribution in [-0.4, -0.2) is 45.9 Å². The predicted molar refractivity (Wildman–Crippen MR) is 108 cm³/mol. The largest absolute Gasteiger partial charge is 0.378 e. The van der Waals surface area contributed by atoms with E-state index >= 15 is 0 Å². The van der Waals surface area contributed by atoms with Gasteiger partial charge in [0.2, 0.25) is 5.91 Å². The minimum absolute atomic E-state index is 0.143. The van der Waals surface area contributed by atoms with Crippen LogP contribution in [0.4, 0.5) is 17.3 Å². The normalized spacial score (nSPS) is 18.2. The number of aromatic nitrogens is 4. The van der Waals surface area contributed by atoms with Crippen LogP contribution in [0.15, 0.2) is 59.6 Å². The van der Waals surface area contributed by atoms with E-state index < -0.39 is 5.92 Å². The summed E-state index contributed by atoms with van der Waals surface area (Å²) in [6, 6.07) is 17.1. The quantitative estimate of drug-likeness (QED) is 0.757. The van der Waals surface area contributed by atoms with Gasteiger partial charge in [-0.15, -0.1) is 0 Å². The van der Waals surface area contributed by atoms with Gasteiger partial charge in [0, 0.05) is 31.2 Å². The fraction of sp³-hybridized carbons (Fsp3) is 0.250. The van der Waals surface area contributed by atoms with Gasteiger partial charge in [-0.3, -0.25) is 4.79 Å². The van der Waals surface area contributed by atoms with Gasteiger partial charge in [-0.1, -0.05) is 35.4 Å². The molecule has 0 saturated heterocycles. The maximum Gasteiger partial charge on any atom is 0.269 e. The highest BCUT2D eigenvalue weighted by Gasteiger charge is 2.39. The fourth-order valence-corrected chi connectivity index (χ4v) is 3.42. The first kappa shape index (κ1) is 17.8. The highest BCUT2D eigenvalue weighted by molar-refractivity contribution is 6.10. The molecule has 1 amide bonds. The summed E-state index contributed by atoms with van der Waals surface area (Å²) in [6.07, 6.45) is 0. The zero-order valence-corrected chi connectivity index (χ0v) is 15.9. The van der Waals surface area contributed by atoms with Crippen LogP contribution in [0.5, 0.6) is 0 Å². The number of nitrogens with zero attached hydrogens (tertiary/aromatic N) is 6. The molecule has 8 nitrogen and oxygen atoms in total. The van der Waals surface area contributed by atoms with E-state index in [4.69, 9.17) is 0 Å². The maximum atomic E-state index is 13.2. The van der Waals surface area contributed by atoms with Crippen LogP contribution in [0.25, 0.3) is 0 Å². The molecule has 2 heterocycles. The van der Waals surface area contributed by atoms with Crippen molar-refractivity contribution in [3.63, 3.8) is 0 Å². The molecule has 1 N–H and O–H groups in total. The Morgan fingerprint density at radius 3 is 2.46 bits per heavy atom. The number of hydrogen-bond donors (Lipinski definition) is 1. The molecule has 1 aliphatic heterocycles. The average molecular weight is 375 g/mol. The van der Waals surface area contributed by atoms with Crippen molar-refractivity contribution in [2.24, 2.45) is 10.9 Å². The van der Waals surface area contributed by atoms with Crippen molar-refractivity contribution in [2.45, 2.75) is 13.0 Å². The van der Waals surface area contributed by atoms with Crippen LogP contribution in [0.3, 0.4) is 0 Å². The van der Waals surface area contributed by atoms with E-state index in [0.717, 1.165) is 16.9 Å². The minimum Gasteiger partial charge on any atom is -0.378 e. The average Bonchev–Trinajstić information content (AvgIpc) is 3.15. The Morgan fingerprint density at radius 1 is 1.07 bits per heavy atom. The molecular formula is C20H21N7O. The molecule has 1 aliphatic rings. The number of benzene rings is 2. The number of para-hydroxylation sites is 1. The number of hydrogen-bond acceptors (Lipinski definition) is 6. The molecule has 0 fully saturated rings. The minimum atomic E-state index is -0.526. The summed E-state index contributed by atoms with van der Waals surface area (Å²) in [5.74, 6) is -0.264. The van der Waals surface area contributed by atoms with Crippen LogP contribution in [0, 0.1) is 5.92 Å². The first-order valence-electron chi connectivity index (χ1n) is 9.01. The molecule has 28 heavy (non-hydrogen) atoms. The van der Waals surface area contributed by atoms with Crippen molar-refractivity contribution < 1.29 is 4.79 Å². The SMILES string of the molecule is CC1=Nc2nnnn2C(c2ccc(N(C)C)cc2)C1C(=O)Nc1ccccc1. The van der Waals surface area contributed by atoms with E-state index in [1.54, 1.807) is 4.68 Å². The topological polar surface area (TPSA) is 88.3 Å². The van der Waals surface area contributed by atoms with E-state index in [1.165, 1.54) is 0 Å². The first-order chi connectivity index (χ1) is 13.5. The Morgan fingerprint density at radius 2 is 1.79 bits per heavy atom. The van der Waals surface area contributed by atoms with Crippen LogP contribution >= 0.6 is 0 Å². The number of anilines is 2. The molecule has 142 valence electrons. The molecule has 1 aromatic heterocycles. The van der Waals surface area contributed by atoms with Gasteiger partial charge < -0.3 is 10.2 Å². The van der Waals surface area contributed by atoms with Gasteiger partial charge in [0.25, 0.3) is 5.95 Å². The Hall–Kier alpha value is -3.55. The number of tetrazole rings is 1. The summed E-state index contributed by atoms with van der Waals surface area (Å²) >= 11 is 0. The van der Waals surface area contributed by atoms with Gasteiger partial charge in [-0.05, 0) is 47.2 Å². The number of amides is 1. The zero-order chi connectivity index (χ0) is 19.7. The molecule has 0 spiro atoms. The maximum absolute atomic E-state index is 13.2. The van der Waals surface area contributed by atoms with E-state index in [0.29, 0.717) is 11.7 Å². The van der Waals surface area contributed by atoms with Crippen molar-refractivity contribution in [3.05, 3.63) is 60.2 Å². The number of carbonyl (C=O) groups is 1. The molecule has 0 aliphatic carbocycles. The fourth-order valence-electron chi connectivity index (χ4n) is 3.42. The number of rotatable bonds is 4. The van der Waals surface area contributed by atoms with Crippen LogP contribution in [0.2, 0.25) is 0 Å². The molecule has 0 bridgehead atoms. The van der Waals surface area contributed by atoms with Gasteiger partial charge in [-0.2, -0.15) is 0 Å². The second kappa shape index (κ2) is 7.22. The molecule has 8 heteroatoms. The highest BCUT2D eigenvalue weighted by atomic mass is 16.2. The summed E-state index contributed by atoms with van der Waals surface area (Å²) in [4.78, 5) is 19.7. The third kappa shape index (κ3) is 3.24. The summed E-state index contributed by atoms with van der Waals surface area (Å²) in [6.45, 7) is 1.84. The lowest BCUT2D eigenvalue weighted by Crippen LogP contribution is -2.39. The van der Waals surface area contributed by atoms with Gasteiger partial charge in [-0.25, -0.2) is 9.67 Å². The van der Waals surface area contributed by atoms with E-state index in [1.807, 2.05) is 80.5 Å². The van der Waals surface area contributed by atoms with Gasteiger partial charge >= 0.3 is 0 Å². The summed E-state index contributed by atoms with van der Waals surface area (Å²) in [5, 5.41) is 14.8. The Balaban J connectivity index is 1.73. The molecule has 2 aromatic carbocycles. The predicted octanol–water partition coefficient (Wildman–Crippen LogP) is 2.69. The monoisotopic (exact) mass is 375 g/mol. The number of carbonyl (C=O) groups excluding carboxylic acids is 1. The second-order valence-corrected chi connectivity index (χ2v) is 6.94. The molecule has 4 rings (SSSR count). The Bertz CT molecular complexity index is 1010. The summed E-state index contributed by atoms with van der Waals surface area (Å²) < 4.78 is 1.62. The van der Waals surface area contributed by atoms with Gasteiger partial charge in [0.15, 0.2) is 0 Å². The standard InChI is InChI=1S/C20H21N7O/c1-13-17(19(28)22-15-7-5-4-6-8-15)18(27-20(21-13)23-24-25-27)14-9-11-16(12-10-14)26(2)3/h4-12,17-18H,1-3H3,(H,22,28). The number of nitrogens with one attached hydrogen (secondary N) is 1. The van der Waals surface area contributed by atoms with E-state index in [9.17, 15) is 4.79 Å². The molecule has 0 saturated carbocycles. The first-order valence-corrected chi connectivity index (χ1v) is 9.01. The molecule has 0 radical (unpaired) electrons. The lowest BCUT2D eigenvalue weighted by atomic mass is 9.87. The highest BCUT2D eigenvalue weighted by Crippen LogP contribution is 2.35. The summed E-state index contributed by atoms with van der Waals surface area (Å²) in [5.41, 5.74) is 3.44. The lowest BCUT2D eigenvalue weighted by Gasteiger charge is -2.30.